The Kier molecular flexibility index (Phi) is 4.02. The van der Waals surface area contributed by atoms with E-state index >= 15 is 0 Å². The van der Waals surface area contributed by atoms with Crippen molar-refractivity contribution in [2.24, 2.45) is 0 Å². The van der Waals surface area contributed by atoms with Crippen molar-refractivity contribution in [3.63, 3.8) is 0 Å². The maximum atomic E-state index is 11.3. The summed E-state index contributed by atoms with van der Waals surface area (Å²) < 4.78 is 4.82. The zero-order valence-electron chi connectivity index (χ0n) is 9.44. The van der Waals surface area contributed by atoms with Gasteiger partial charge >= 0.3 is 0 Å². The molecule has 0 fully saturated rings. The molecule has 1 aromatic carbocycles. The number of hydrogen-bond acceptors (Lipinski definition) is 3. The molecule has 0 spiro atoms. The van der Waals surface area contributed by atoms with Gasteiger partial charge in [-0.2, -0.15) is 0 Å². The number of carbonyl (C=O) groups is 1. The van der Waals surface area contributed by atoms with Crippen LogP contribution in [-0.2, 0) is 16.0 Å². The van der Waals surface area contributed by atoms with Crippen molar-refractivity contribution in [2.75, 3.05) is 13.7 Å². The minimum absolute atomic E-state index is 0.207. The van der Waals surface area contributed by atoms with Crippen molar-refractivity contribution < 1.29 is 9.53 Å². The van der Waals surface area contributed by atoms with Crippen LogP contribution >= 0.6 is 11.8 Å². The van der Waals surface area contributed by atoms with Crippen molar-refractivity contribution in [2.45, 2.75) is 29.4 Å². The third-order valence-corrected chi connectivity index (χ3v) is 4.15. The second-order valence-electron chi connectivity index (χ2n) is 4.06. The van der Waals surface area contributed by atoms with Crippen molar-refractivity contribution in [1.29, 1.82) is 0 Å². The average Bonchev–Trinajstić information content (AvgIpc) is 2.69. The zero-order valence-corrected chi connectivity index (χ0v) is 10.3. The van der Waals surface area contributed by atoms with Gasteiger partial charge in [-0.15, -0.1) is 11.8 Å². The number of fused-ring (bicyclic) bond motifs is 1. The van der Waals surface area contributed by atoms with Crippen molar-refractivity contribution in [3.8, 4) is 0 Å². The first-order valence-corrected chi connectivity index (χ1v) is 6.43. The standard InChI is InChI=1S/C13H16O2S/c1-15-9-11(14)6-7-12-8-10-4-2-3-5-13(10)16-12/h2-5,12H,6-9H2,1H3. The van der Waals surface area contributed by atoms with Crippen LogP contribution in [0.25, 0.3) is 0 Å². The second kappa shape index (κ2) is 5.51. The van der Waals surface area contributed by atoms with Crippen LogP contribution in [-0.4, -0.2) is 24.7 Å². The molecule has 1 unspecified atom stereocenters. The van der Waals surface area contributed by atoms with Gasteiger partial charge in [0, 0.05) is 23.7 Å². The number of rotatable bonds is 5. The monoisotopic (exact) mass is 236 g/mol. The number of carbonyl (C=O) groups excluding carboxylic acids is 1. The molecule has 0 N–H and O–H groups in total. The SMILES string of the molecule is COCC(=O)CCC1Cc2ccccc2S1. The molecule has 2 nitrogen and oxygen atoms in total. The maximum Gasteiger partial charge on any atom is 0.158 e. The summed E-state index contributed by atoms with van der Waals surface area (Å²) in [6.07, 6.45) is 2.70. The van der Waals surface area contributed by atoms with Crippen LogP contribution < -0.4 is 0 Å². The topological polar surface area (TPSA) is 26.3 Å². The number of ether oxygens (including phenoxy) is 1. The summed E-state index contributed by atoms with van der Waals surface area (Å²) in [4.78, 5) is 12.7. The Labute approximate surface area is 100 Å². The molecule has 86 valence electrons. The minimum atomic E-state index is 0.207. The minimum Gasteiger partial charge on any atom is -0.377 e. The van der Waals surface area contributed by atoms with E-state index in [2.05, 4.69) is 24.3 Å². The van der Waals surface area contributed by atoms with Crippen LogP contribution in [0.2, 0.25) is 0 Å². The molecule has 0 aliphatic carbocycles. The van der Waals surface area contributed by atoms with E-state index < -0.39 is 0 Å². The van der Waals surface area contributed by atoms with E-state index in [4.69, 9.17) is 4.74 Å². The average molecular weight is 236 g/mol. The molecule has 0 saturated carbocycles. The van der Waals surface area contributed by atoms with Gasteiger partial charge in [0.05, 0.1) is 0 Å². The fourth-order valence-corrected chi connectivity index (χ4v) is 3.29. The Balaban J connectivity index is 1.81. The second-order valence-corrected chi connectivity index (χ2v) is 5.40. The summed E-state index contributed by atoms with van der Waals surface area (Å²) in [6, 6.07) is 8.50. The van der Waals surface area contributed by atoms with E-state index in [0.717, 1.165) is 12.8 Å². The van der Waals surface area contributed by atoms with Gasteiger partial charge in [-0.1, -0.05) is 18.2 Å². The molecule has 2 rings (SSSR count). The van der Waals surface area contributed by atoms with E-state index in [-0.39, 0.29) is 12.4 Å². The lowest BCUT2D eigenvalue weighted by Crippen LogP contribution is -2.10. The van der Waals surface area contributed by atoms with Crippen molar-refractivity contribution in [1.82, 2.24) is 0 Å². The Bertz CT molecular complexity index is 351. The number of Topliss-reactive ketones (excluding diaryl/α,β-unsaturated/α-hetero) is 1. The predicted molar refractivity (Wildman–Crippen MR) is 65.9 cm³/mol. The highest BCUT2D eigenvalue weighted by molar-refractivity contribution is 8.00. The van der Waals surface area contributed by atoms with E-state index in [1.165, 1.54) is 10.5 Å². The number of thioether (sulfide) groups is 1. The molecule has 0 amide bonds. The highest BCUT2D eigenvalue weighted by Gasteiger charge is 2.21. The summed E-state index contributed by atoms with van der Waals surface area (Å²) in [7, 11) is 1.57. The van der Waals surface area contributed by atoms with E-state index in [1.54, 1.807) is 7.11 Å². The summed E-state index contributed by atoms with van der Waals surface area (Å²) in [5.74, 6) is 0.207. The molecule has 0 radical (unpaired) electrons. The number of methoxy groups -OCH3 is 1. The summed E-state index contributed by atoms with van der Waals surface area (Å²) in [5, 5.41) is 0.568. The largest absolute Gasteiger partial charge is 0.377 e. The first kappa shape index (κ1) is 11.7. The van der Waals surface area contributed by atoms with Gasteiger partial charge in [0.2, 0.25) is 0 Å². The van der Waals surface area contributed by atoms with Gasteiger partial charge in [0.15, 0.2) is 5.78 Å². The molecule has 1 aromatic rings. The molecule has 0 bridgehead atoms. The lowest BCUT2D eigenvalue weighted by atomic mass is 10.1. The van der Waals surface area contributed by atoms with Gasteiger partial charge in [-0.05, 0) is 24.5 Å². The Morgan fingerprint density at radius 1 is 1.50 bits per heavy atom. The van der Waals surface area contributed by atoms with Crippen LogP contribution in [0.5, 0.6) is 0 Å². The molecule has 0 aromatic heterocycles. The fourth-order valence-electron chi connectivity index (χ4n) is 1.97. The molecule has 1 aliphatic rings. The summed E-state index contributed by atoms with van der Waals surface area (Å²) in [5.41, 5.74) is 1.43. The van der Waals surface area contributed by atoms with Gasteiger partial charge in [0.25, 0.3) is 0 Å². The number of ketones is 1. The smallest absolute Gasteiger partial charge is 0.158 e. The first-order valence-electron chi connectivity index (χ1n) is 5.55. The molecule has 3 heteroatoms. The van der Waals surface area contributed by atoms with Gasteiger partial charge in [0.1, 0.15) is 6.61 Å². The van der Waals surface area contributed by atoms with Crippen molar-refractivity contribution >= 4 is 17.5 Å². The van der Waals surface area contributed by atoms with E-state index in [9.17, 15) is 4.79 Å². The quantitative estimate of drug-likeness (QED) is 0.786. The van der Waals surface area contributed by atoms with Crippen LogP contribution in [0.1, 0.15) is 18.4 Å². The fraction of sp³-hybridized carbons (Fsp3) is 0.462. The number of hydrogen-bond donors (Lipinski definition) is 0. The highest BCUT2D eigenvalue weighted by atomic mass is 32.2. The number of benzene rings is 1. The lowest BCUT2D eigenvalue weighted by molar-refractivity contribution is -0.122. The third-order valence-electron chi connectivity index (χ3n) is 2.76. The molecular weight excluding hydrogens is 220 g/mol. The predicted octanol–water partition coefficient (Wildman–Crippen LogP) is 2.70. The molecule has 1 aliphatic heterocycles. The van der Waals surface area contributed by atoms with Crippen molar-refractivity contribution in [3.05, 3.63) is 29.8 Å². The normalized spacial score (nSPS) is 18.4. The Hall–Kier alpha value is -0.800. The van der Waals surface area contributed by atoms with Gasteiger partial charge < -0.3 is 4.74 Å². The molecule has 1 atom stereocenters. The summed E-state index contributed by atoms with van der Waals surface area (Å²) >= 11 is 1.90. The maximum absolute atomic E-state index is 11.3. The van der Waals surface area contributed by atoms with Gasteiger partial charge in [-0.3, -0.25) is 4.79 Å². The Morgan fingerprint density at radius 2 is 2.31 bits per heavy atom. The first-order chi connectivity index (χ1) is 7.79. The lowest BCUT2D eigenvalue weighted by Gasteiger charge is -2.06. The van der Waals surface area contributed by atoms with E-state index in [1.807, 2.05) is 11.8 Å². The Morgan fingerprint density at radius 3 is 3.06 bits per heavy atom. The van der Waals surface area contributed by atoms with Crippen LogP contribution in [0.15, 0.2) is 29.2 Å². The molecule has 0 saturated heterocycles. The van der Waals surface area contributed by atoms with Crippen LogP contribution in [0, 0.1) is 0 Å². The van der Waals surface area contributed by atoms with Crippen LogP contribution in [0.3, 0.4) is 0 Å². The third kappa shape index (κ3) is 2.86. The summed E-state index contributed by atoms with van der Waals surface area (Å²) in [6.45, 7) is 0.254. The van der Waals surface area contributed by atoms with Crippen LogP contribution in [0.4, 0.5) is 0 Å². The molecule has 1 heterocycles. The molecular formula is C13H16O2S. The molecule has 16 heavy (non-hydrogen) atoms. The van der Waals surface area contributed by atoms with Gasteiger partial charge in [-0.25, -0.2) is 0 Å². The zero-order chi connectivity index (χ0) is 11.4. The highest BCUT2D eigenvalue weighted by Crippen LogP contribution is 2.38. The van der Waals surface area contributed by atoms with E-state index in [0.29, 0.717) is 11.7 Å².